The second kappa shape index (κ2) is 17.7. The van der Waals surface area contributed by atoms with Gasteiger partial charge in [-0.3, -0.25) is 14.4 Å². The highest BCUT2D eigenvalue weighted by atomic mass is 35.5. The molecule has 246 valence electrons. The number of nitrogens with zero attached hydrogens (tertiary/aromatic N) is 1. The van der Waals surface area contributed by atoms with Crippen LogP contribution in [0.5, 0.6) is 0 Å². The molecule has 2 aromatic carbocycles. The molecule has 2 aliphatic rings. The van der Waals surface area contributed by atoms with Crippen LogP contribution in [0.4, 0.5) is 0 Å². The van der Waals surface area contributed by atoms with Crippen LogP contribution >= 0.6 is 11.6 Å². The Labute approximate surface area is 274 Å². The molecule has 1 saturated heterocycles. The molecule has 8 nitrogen and oxygen atoms in total. The lowest BCUT2D eigenvalue weighted by Crippen LogP contribution is -2.55. The predicted molar refractivity (Wildman–Crippen MR) is 181 cm³/mol. The Morgan fingerprint density at radius 3 is 2.36 bits per heavy atom. The summed E-state index contributed by atoms with van der Waals surface area (Å²) in [6.45, 7) is 11.0. The zero-order valence-corrected chi connectivity index (χ0v) is 28.0. The summed E-state index contributed by atoms with van der Waals surface area (Å²) < 4.78 is 0. The second-order valence-corrected chi connectivity index (χ2v) is 13.7. The van der Waals surface area contributed by atoms with Gasteiger partial charge in [0.15, 0.2) is 0 Å². The second-order valence-electron chi connectivity index (χ2n) is 13.2. The molecule has 0 radical (unpaired) electrons. The van der Waals surface area contributed by atoms with Crippen LogP contribution in [0.25, 0.3) is 0 Å². The van der Waals surface area contributed by atoms with Gasteiger partial charge in [0.2, 0.25) is 11.8 Å². The quantitative estimate of drug-likeness (QED) is 0.196. The summed E-state index contributed by atoms with van der Waals surface area (Å²) in [4.78, 5) is 42.2. The minimum Gasteiger partial charge on any atom is -0.351 e. The van der Waals surface area contributed by atoms with Gasteiger partial charge in [-0.2, -0.15) is 0 Å². The van der Waals surface area contributed by atoms with Crippen molar-refractivity contribution >= 4 is 29.3 Å². The average Bonchev–Trinajstić information content (AvgIpc) is 3.54. The van der Waals surface area contributed by atoms with E-state index in [9.17, 15) is 14.4 Å². The highest BCUT2D eigenvalue weighted by Gasteiger charge is 2.32. The number of amides is 3. The minimum atomic E-state index is -0.800. The minimum absolute atomic E-state index is 0.0264. The number of carbonyl (C=O) groups excluding carboxylic acids is 3. The third-order valence-electron chi connectivity index (χ3n) is 9.02. The van der Waals surface area contributed by atoms with Gasteiger partial charge in [-0.1, -0.05) is 62.6 Å². The maximum atomic E-state index is 13.5. The van der Waals surface area contributed by atoms with Gasteiger partial charge >= 0.3 is 0 Å². The third-order valence-corrected chi connectivity index (χ3v) is 9.26. The number of nitrogens with one attached hydrogen (secondary N) is 4. The molecule has 0 spiro atoms. The van der Waals surface area contributed by atoms with E-state index in [-0.39, 0.29) is 35.6 Å². The van der Waals surface area contributed by atoms with E-state index in [4.69, 9.17) is 11.6 Å². The van der Waals surface area contributed by atoms with Crippen LogP contribution in [0.2, 0.25) is 5.02 Å². The summed E-state index contributed by atoms with van der Waals surface area (Å²) in [6, 6.07) is 13.8. The Balaban J connectivity index is 1.26. The molecule has 4 atom stereocenters. The van der Waals surface area contributed by atoms with Gasteiger partial charge in [0.1, 0.15) is 12.1 Å². The lowest BCUT2D eigenvalue weighted by Gasteiger charge is -2.34. The third kappa shape index (κ3) is 11.1. The molecule has 9 heteroatoms. The van der Waals surface area contributed by atoms with Gasteiger partial charge in [0, 0.05) is 29.1 Å². The van der Waals surface area contributed by atoms with Crippen molar-refractivity contribution in [1.29, 1.82) is 0 Å². The van der Waals surface area contributed by atoms with Gasteiger partial charge in [0.25, 0.3) is 5.91 Å². The first-order valence-electron chi connectivity index (χ1n) is 16.9. The molecule has 0 aromatic heterocycles. The average molecular weight is 638 g/mol. The van der Waals surface area contributed by atoms with Gasteiger partial charge in [-0.15, -0.1) is 0 Å². The molecule has 1 unspecified atom stereocenters. The molecule has 4 N–H and O–H groups in total. The summed E-state index contributed by atoms with van der Waals surface area (Å²) >= 11 is 6.27. The summed E-state index contributed by atoms with van der Waals surface area (Å²) in [6.07, 6.45) is 8.27. The normalized spacial score (nSPS) is 20.0. The van der Waals surface area contributed by atoms with E-state index in [0.717, 1.165) is 62.9 Å². The van der Waals surface area contributed by atoms with Crippen LogP contribution in [-0.4, -0.2) is 66.9 Å². The van der Waals surface area contributed by atoms with E-state index < -0.39 is 12.1 Å². The van der Waals surface area contributed by atoms with E-state index in [1.165, 1.54) is 25.9 Å². The van der Waals surface area contributed by atoms with Gasteiger partial charge in [-0.25, -0.2) is 0 Å². The fraction of sp³-hybridized carbons (Fsp3) is 0.583. The van der Waals surface area contributed by atoms with E-state index in [1.54, 1.807) is 19.1 Å². The summed E-state index contributed by atoms with van der Waals surface area (Å²) in [5.74, 6) is -0.515. The topological polar surface area (TPSA) is 103 Å². The Kier molecular flexibility index (Phi) is 13.7. The van der Waals surface area contributed by atoms with Crippen LogP contribution in [0.1, 0.15) is 99.5 Å². The molecule has 45 heavy (non-hydrogen) atoms. The van der Waals surface area contributed by atoms with Gasteiger partial charge in [0.05, 0.1) is 0 Å². The molecular formula is C36H52ClN5O3. The van der Waals surface area contributed by atoms with Crippen molar-refractivity contribution in [1.82, 2.24) is 26.2 Å². The molecule has 3 amide bonds. The molecule has 1 aliphatic heterocycles. The Morgan fingerprint density at radius 2 is 1.64 bits per heavy atom. The van der Waals surface area contributed by atoms with Crippen LogP contribution in [0, 0.1) is 5.92 Å². The van der Waals surface area contributed by atoms with Crippen LogP contribution in [0.15, 0.2) is 48.5 Å². The van der Waals surface area contributed by atoms with Crippen molar-refractivity contribution in [2.45, 2.75) is 103 Å². The van der Waals surface area contributed by atoms with E-state index in [2.05, 4.69) is 32.2 Å². The van der Waals surface area contributed by atoms with Crippen molar-refractivity contribution in [2.75, 3.05) is 26.2 Å². The fourth-order valence-electron chi connectivity index (χ4n) is 6.51. The highest BCUT2D eigenvalue weighted by Crippen LogP contribution is 2.34. The lowest BCUT2D eigenvalue weighted by atomic mass is 9.80. The number of hydrogen-bond acceptors (Lipinski definition) is 5. The molecule has 0 bridgehead atoms. The molecule has 1 aliphatic carbocycles. The first-order valence-corrected chi connectivity index (χ1v) is 17.3. The van der Waals surface area contributed by atoms with Crippen molar-refractivity contribution in [2.24, 2.45) is 5.92 Å². The van der Waals surface area contributed by atoms with Crippen LogP contribution < -0.4 is 21.3 Å². The number of likely N-dealkylation sites (tertiary alicyclic amines) is 1. The monoisotopic (exact) mass is 637 g/mol. The van der Waals surface area contributed by atoms with Crippen molar-refractivity contribution < 1.29 is 14.4 Å². The lowest BCUT2D eigenvalue weighted by molar-refractivity contribution is -0.130. The van der Waals surface area contributed by atoms with Crippen LogP contribution in [-0.2, 0) is 16.1 Å². The largest absolute Gasteiger partial charge is 0.351 e. The summed E-state index contributed by atoms with van der Waals surface area (Å²) in [5.41, 5.74) is 2.73. The van der Waals surface area contributed by atoms with Crippen molar-refractivity contribution in [3.63, 3.8) is 0 Å². The molecular weight excluding hydrogens is 586 g/mol. The number of rotatable bonds is 15. The van der Waals surface area contributed by atoms with E-state index in [1.807, 2.05) is 44.2 Å². The number of hydrogen-bond donors (Lipinski definition) is 4. The Bertz CT molecular complexity index is 1250. The summed E-state index contributed by atoms with van der Waals surface area (Å²) in [7, 11) is 0. The predicted octanol–water partition coefficient (Wildman–Crippen LogP) is 5.41. The first kappa shape index (κ1) is 34.9. The van der Waals surface area contributed by atoms with Crippen molar-refractivity contribution in [3.8, 4) is 0 Å². The van der Waals surface area contributed by atoms with E-state index >= 15 is 0 Å². The molecule has 2 fully saturated rings. The smallest absolute Gasteiger partial charge is 0.251 e. The zero-order valence-electron chi connectivity index (χ0n) is 27.2. The van der Waals surface area contributed by atoms with Gasteiger partial charge < -0.3 is 26.2 Å². The van der Waals surface area contributed by atoms with Crippen LogP contribution in [0.3, 0.4) is 0 Å². The van der Waals surface area contributed by atoms with Gasteiger partial charge in [-0.05, 0) is 113 Å². The van der Waals surface area contributed by atoms with E-state index in [0.29, 0.717) is 17.0 Å². The molecule has 2 aromatic rings. The number of halogens is 1. The zero-order chi connectivity index (χ0) is 32.2. The van der Waals surface area contributed by atoms with Crippen molar-refractivity contribution in [3.05, 3.63) is 70.2 Å². The standard InChI is InChI=1S/C36H52ClN5O3/c1-25(2)22-33(36(45)40-32-13-5-4-12-31(32)29-10-8-11-30(37)23-29)41-34(43)26(3)39-35(44)28-16-14-27(15-17-28)24-38-18-9-21-42-19-6-7-20-42/h8,10-11,14-17,23,25-26,31-33,38H,4-7,9,12-13,18-22,24H2,1-3H3,(H,39,44)(H,40,45)(H,41,43)/t26-,31-,32?,33-/m0/s1. The maximum absolute atomic E-state index is 13.5. The Hall–Kier alpha value is -2.94. The highest BCUT2D eigenvalue weighted by molar-refractivity contribution is 6.30. The maximum Gasteiger partial charge on any atom is 0.251 e. The molecule has 4 rings (SSSR count). The first-order chi connectivity index (χ1) is 21.7. The summed E-state index contributed by atoms with van der Waals surface area (Å²) in [5, 5.41) is 13.1. The SMILES string of the molecule is CC(C)C[C@H](NC(=O)[C@H](C)NC(=O)c1ccc(CNCCCN2CCCC2)cc1)C(=O)NC1CCCC[C@H]1c1cccc(Cl)c1. The number of carbonyl (C=O) groups is 3. The Morgan fingerprint density at radius 1 is 0.911 bits per heavy atom. The molecule has 1 heterocycles. The fourth-order valence-corrected chi connectivity index (χ4v) is 6.71. The molecule has 1 saturated carbocycles. The number of benzene rings is 2.